The Balaban J connectivity index is 0.00000169. The first-order valence-corrected chi connectivity index (χ1v) is 7.89. The van der Waals surface area contributed by atoms with E-state index in [0.717, 1.165) is 0 Å². The Morgan fingerprint density at radius 3 is 2.62 bits per heavy atom. The summed E-state index contributed by atoms with van der Waals surface area (Å²) in [7, 11) is 0. The number of hydrogen-bond donors (Lipinski definition) is 1. The van der Waals surface area contributed by atoms with Crippen molar-refractivity contribution in [2.75, 3.05) is 26.2 Å². The molecule has 1 aliphatic rings. The Morgan fingerprint density at radius 2 is 1.92 bits per heavy atom. The number of carbonyl (C=O) groups is 2. The number of nitrogens with one attached hydrogen (secondary N) is 1. The van der Waals surface area contributed by atoms with E-state index in [9.17, 15) is 9.59 Å². The van der Waals surface area contributed by atoms with Gasteiger partial charge in [-0.3, -0.25) is 14.6 Å². The lowest BCUT2D eigenvalue weighted by atomic mass is 10.1. The van der Waals surface area contributed by atoms with E-state index >= 15 is 0 Å². The van der Waals surface area contributed by atoms with E-state index in [0.29, 0.717) is 37.6 Å². The van der Waals surface area contributed by atoms with Crippen LogP contribution in [-0.4, -0.2) is 53.9 Å². The first-order valence-electron chi connectivity index (χ1n) is 7.89. The molecule has 0 radical (unpaired) electrons. The summed E-state index contributed by atoms with van der Waals surface area (Å²) in [4.78, 5) is 30.6. The van der Waals surface area contributed by atoms with Gasteiger partial charge in [-0.25, -0.2) is 0 Å². The highest BCUT2D eigenvalue weighted by Gasteiger charge is 2.31. The number of ketones is 1. The summed E-state index contributed by atoms with van der Waals surface area (Å²) < 4.78 is 5.70. The Hall–Kier alpha value is -2.15. The van der Waals surface area contributed by atoms with Crippen LogP contribution >= 0.6 is 24.8 Å². The minimum atomic E-state index is -0.484. The first kappa shape index (κ1) is 21.9. The number of pyridine rings is 1. The lowest BCUT2D eigenvalue weighted by Crippen LogP contribution is -2.57. The van der Waals surface area contributed by atoms with Crippen molar-refractivity contribution in [3.05, 3.63) is 60.4 Å². The fraction of sp³-hybridized carbons (Fsp3) is 0.278. The molecule has 1 aromatic carbocycles. The predicted molar refractivity (Wildman–Crippen MR) is 103 cm³/mol. The summed E-state index contributed by atoms with van der Waals surface area (Å²) in [5.41, 5.74) is 0.410. The van der Waals surface area contributed by atoms with Crippen LogP contribution in [0.3, 0.4) is 0 Å². The lowest BCUT2D eigenvalue weighted by molar-refractivity contribution is -0.130. The van der Waals surface area contributed by atoms with Crippen molar-refractivity contribution in [2.45, 2.75) is 6.04 Å². The average molecular weight is 398 g/mol. The van der Waals surface area contributed by atoms with E-state index in [-0.39, 0.29) is 30.9 Å². The predicted octanol–water partition coefficient (Wildman–Crippen LogP) is 1.99. The zero-order valence-corrected chi connectivity index (χ0v) is 15.7. The molecule has 0 spiro atoms. The SMILES string of the molecule is Cl.Cl.O=C(C(=O)N1CCNCC1COc1cccnc1)c1ccccc1. The van der Waals surface area contributed by atoms with Gasteiger partial charge >= 0.3 is 0 Å². The van der Waals surface area contributed by atoms with Crippen molar-refractivity contribution < 1.29 is 14.3 Å². The van der Waals surface area contributed by atoms with E-state index in [1.807, 2.05) is 12.1 Å². The highest BCUT2D eigenvalue weighted by atomic mass is 35.5. The fourth-order valence-corrected chi connectivity index (χ4v) is 2.65. The number of aromatic nitrogens is 1. The van der Waals surface area contributed by atoms with Gasteiger partial charge in [0.15, 0.2) is 0 Å². The summed E-state index contributed by atoms with van der Waals surface area (Å²) in [6.45, 7) is 2.05. The van der Waals surface area contributed by atoms with E-state index in [1.165, 1.54) is 0 Å². The molecule has 1 saturated heterocycles. The van der Waals surface area contributed by atoms with Gasteiger partial charge in [-0.05, 0) is 12.1 Å². The third kappa shape index (κ3) is 5.42. The number of carbonyl (C=O) groups excluding carboxylic acids is 2. The molecule has 1 unspecified atom stereocenters. The minimum Gasteiger partial charge on any atom is -0.490 e. The molecular weight excluding hydrogens is 377 g/mol. The molecular formula is C18H21Cl2N3O3. The van der Waals surface area contributed by atoms with Gasteiger partial charge < -0.3 is 15.0 Å². The molecule has 26 heavy (non-hydrogen) atoms. The van der Waals surface area contributed by atoms with E-state index in [2.05, 4.69) is 10.3 Å². The zero-order valence-electron chi connectivity index (χ0n) is 14.0. The van der Waals surface area contributed by atoms with Crippen LogP contribution < -0.4 is 10.1 Å². The molecule has 1 aromatic heterocycles. The second kappa shape index (κ2) is 10.8. The van der Waals surface area contributed by atoms with Crippen LogP contribution in [0.2, 0.25) is 0 Å². The molecule has 1 aliphatic heterocycles. The molecule has 3 rings (SSSR count). The summed E-state index contributed by atoms with van der Waals surface area (Å²) in [5.74, 6) is -0.323. The number of halogens is 2. The number of ether oxygens (including phenoxy) is 1. The Labute approximate surface area is 164 Å². The highest BCUT2D eigenvalue weighted by molar-refractivity contribution is 6.42. The van der Waals surface area contributed by atoms with Gasteiger partial charge in [0, 0.05) is 31.4 Å². The molecule has 8 heteroatoms. The third-order valence-corrected chi connectivity index (χ3v) is 3.92. The zero-order chi connectivity index (χ0) is 16.8. The van der Waals surface area contributed by atoms with E-state index in [1.54, 1.807) is 47.6 Å². The van der Waals surface area contributed by atoms with Crippen LogP contribution in [0, 0.1) is 0 Å². The van der Waals surface area contributed by atoms with Crippen LogP contribution in [0.4, 0.5) is 0 Å². The number of nitrogens with zero attached hydrogens (tertiary/aromatic N) is 2. The maximum atomic E-state index is 12.6. The van der Waals surface area contributed by atoms with Crippen LogP contribution in [-0.2, 0) is 4.79 Å². The Morgan fingerprint density at radius 1 is 1.15 bits per heavy atom. The summed E-state index contributed by atoms with van der Waals surface area (Å²) in [6, 6.07) is 12.0. The first-order chi connectivity index (χ1) is 11.8. The summed E-state index contributed by atoms with van der Waals surface area (Å²) in [5, 5.41) is 3.23. The number of Topliss-reactive ketones (excluding diaryl/α,β-unsaturated/α-hetero) is 1. The lowest BCUT2D eigenvalue weighted by Gasteiger charge is -2.35. The minimum absolute atomic E-state index is 0. The molecule has 1 fully saturated rings. The molecule has 1 atom stereocenters. The van der Waals surface area contributed by atoms with Crippen LogP contribution in [0.1, 0.15) is 10.4 Å². The number of piperazine rings is 1. The van der Waals surface area contributed by atoms with Crippen molar-refractivity contribution in [1.82, 2.24) is 15.2 Å². The smallest absolute Gasteiger partial charge is 0.295 e. The average Bonchev–Trinajstić information content (AvgIpc) is 2.67. The van der Waals surface area contributed by atoms with Crippen LogP contribution in [0.15, 0.2) is 54.9 Å². The Bertz CT molecular complexity index is 701. The molecule has 2 heterocycles. The van der Waals surface area contributed by atoms with Crippen molar-refractivity contribution >= 4 is 36.5 Å². The quantitative estimate of drug-likeness (QED) is 0.616. The van der Waals surface area contributed by atoms with E-state index in [4.69, 9.17) is 4.74 Å². The van der Waals surface area contributed by atoms with Gasteiger partial charge in [-0.1, -0.05) is 30.3 Å². The van der Waals surface area contributed by atoms with Crippen LogP contribution in [0.5, 0.6) is 5.75 Å². The van der Waals surface area contributed by atoms with Gasteiger partial charge in [-0.2, -0.15) is 0 Å². The van der Waals surface area contributed by atoms with Gasteiger partial charge in [0.25, 0.3) is 5.91 Å². The molecule has 1 amide bonds. The van der Waals surface area contributed by atoms with Crippen molar-refractivity contribution in [3.63, 3.8) is 0 Å². The number of benzene rings is 1. The van der Waals surface area contributed by atoms with Gasteiger partial charge in [0.2, 0.25) is 5.78 Å². The highest BCUT2D eigenvalue weighted by Crippen LogP contribution is 2.12. The van der Waals surface area contributed by atoms with E-state index < -0.39 is 11.7 Å². The maximum absolute atomic E-state index is 12.6. The normalized spacial score (nSPS) is 16.0. The monoisotopic (exact) mass is 397 g/mol. The summed E-state index contributed by atoms with van der Waals surface area (Å²) >= 11 is 0. The number of hydrogen-bond acceptors (Lipinski definition) is 5. The topological polar surface area (TPSA) is 71.5 Å². The largest absolute Gasteiger partial charge is 0.490 e. The Kier molecular flexibility index (Phi) is 9.05. The second-order valence-corrected chi connectivity index (χ2v) is 5.55. The third-order valence-electron chi connectivity index (χ3n) is 3.92. The van der Waals surface area contributed by atoms with Crippen molar-refractivity contribution in [2.24, 2.45) is 0 Å². The molecule has 140 valence electrons. The van der Waals surface area contributed by atoms with Gasteiger partial charge in [0.1, 0.15) is 12.4 Å². The van der Waals surface area contributed by atoms with Gasteiger partial charge in [0.05, 0.1) is 12.2 Å². The fourth-order valence-electron chi connectivity index (χ4n) is 2.65. The second-order valence-electron chi connectivity index (χ2n) is 5.55. The molecule has 0 saturated carbocycles. The molecule has 1 N–H and O–H groups in total. The van der Waals surface area contributed by atoms with Crippen molar-refractivity contribution in [1.29, 1.82) is 0 Å². The molecule has 6 nitrogen and oxygen atoms in total. The van der Waals surface area contributed by atoms with Crippen molar-refractivity contribution in [3.8, 4) is 5.75 Å². The summed E-state index contributed by atoms with van der Waals surface area (Å²) in [6.07, 6.45) is 3.29. The maximum Gasteiger partial charge on any atom is 0.295 e. The number of rotatable bonds is 5. The molecule has 0 bridgehead atoms. The van der Waals surface area contributed by atoms with Gasteiger partial charge in [-0.15, -0.1) is 24.8 Å². The molecule has 2 aromatic rings. The van der Waals surface area contributed by atoms with Crippen LogP contribution in [0.25, 0.3) is 0 Å². The number of amides is 1. The molecule has 0 aliphatic carbocycles. The standard InChI is InChI=1S/C18H19N3O3.2ClH/c22-17(14-5-2-1-3-6-14)18(23)21-10-9-20-11-15(21)13-24-16-7-4-8-19-12-16;;/h1-8,12,15,20H,9-11,13H2;2*1H.